The van der Waals surface area contributed by atoms with Crippen molar-refractivity contribution in [1.29, 1.82) is 0 Å². The molecule has 0 radical (unpaired) electrons. The van der Waals surface area contributed by atoms with E-state index in [0.717, 1.165) is 0 Å². The summed E-state index contributed by atoms with van der Waals surface area (Å²) in [5.41, 5.74) is 3.03. The molecule has 8 heteroatoms. The number of fused-ring (bicyclic) bond motifs is 2. The van der Waals surface area contributed by atoms with Crippen LogP contribution < -0.4 is 5.43 Å². The molecule has 7 nitrogen and oxygen atoms in total. The van der Waals surface area contributed by atoms with Crippen LogP contribution in [0.25, 0.3) is 0 Å². The van der Waals surface area contributed by atoms with Gasteiger partial charge in [-0.25, -0.2) is 14.8 Å². The highest BCUT2D eigenvalue weighted by Gasteiger charge is 2.48. The van der Waals surface area contributed by atoms with Crippen molar-refractivity contribution in [1.82, 2.24) is 20.2 Å². The predicted octanol–water partition coefficient (Wildman–Crippen LogP) is -0.915. The summed E-state index contributed by atoms with van der Waals surface area (Å²) < 4.78 is 0. The number of amidine groups is 1. The first-order chi connectivity index (χ1) is 7.59. The Kier molecular flexibility index (Phi) is 1.93. The standard InChI is InChI=1S/C8H11N5O2S/c1-11-5-6(12(2)8(11)15)10-13-4(14)3-16-7(13)9-5/h5-6,10H,3H2,1-2H3/t5-,6+/m0/s1. The molecule has 0 unspecified atom stereocenters. The molecule has 0 aromatic rings. The number of aliphatic imine (C=N–C) groups is 1. The summed E-state index contributed by atoms with van der Waals surface area (Å²) >= 11 is 1.40. The van der Waals surface area contributed by atoms with Gasteiger partial charge in [0.05, 0.1) is 5.75 Å². The van der Waals surface area contributed by atoms with E-state index in [9.17, 15) is 9.59 Å². The average Bonchev–Trinajstić information content (AvgIpc) is 2.74. The van der Waals surface area contributed by atoms with Crippen LogP contribution in [0.5, 0.6) is 0 Å². The Morgan fingerprint density at radius 2 is 2.12 bits per heavy atom. The van der Waals surface area contributed by atoms with Crippen LogP contribution >= 0.6 is 11.8 Å². The van der Waals surface area contributed by atoms with Gasteiger partial charge < -0.3 is 9.80 Å². The van der Waals surface area contributed by atoms with Crippen LogP contribution in [0.1, 0.15) is 0 Å². The van der Waals surface area contributed by atoms with Gasteiger partial charge in [0.25, 0.3) is 5.91 Å². The zero-order valence-corrected chi connectivity index (χ0v) is 9.69. The Balaban J connectivity index is 1.97. The fraction of sp³-hybridized carbons (Fsp3) is 0.625. The van der Waals surface area contributed by atoms with Gasteiger partial charge in [-0.2, -0.15) is 5.43 Å². The molecule has 0 aromatic carbocycles. The van der Waals surface area contributed by atoms with E-state index in [1.807, 2.05) is 0 Å². The number of carbonyl (C=O) groups excluding carboxylic acids is 2. The minimum Gasteiger partial charge on any atom is -0.306 e. The highest BCUT2D eigenvalue weighted by Crippen LogP contribution is 2.28. The maximum absolute atomic E-state index is 11.7. The molecule has 0 aliphatic carbocycles. The second kappa shape index (κ2) is 3.11. The minimum absolute atomic E-state index is 0.0161. The zero-order chi connectivity index (χ0) is 11.4. The van der Waals surface area contributed by atoms with E-state index in [-0.39, 0.29) is 24.3 Å². The molecular formula is C8H11N5O2S. The van der Waals surface area contributed by atoms with Crippen molar-refractivity contribution in [2.75, 3.05) is 19.8 Å². The molecule has 0 aromatic heterocycles. The number of carbonyl (C=O) groups is 2. The van der Waals surface area contributed by atoms with Gasteiger partial charge in [0.2, 0.25) is 0 Å². The molecule has 16 heavy (non-hydrogen) atoms. The summed E-state index contributed by atoms with van der Waals surface area (Å²) in [7, 11) is 3.41. The molecule has 3 heterocycles. The number of nitrogens with zero attached hydrogens (tertiary/aromatic N) is 4. The molecule has 86 valence electrons. The molecule has 2 atom stereocenters. The first kappa shape index (κ1) is 9.91. The van der Waals surface area contributed by atoms with E-state index in [4.69, 9.17) is 0 Å². The normalized spacial score (nSPS) is 33.1. The quantitative estimate of drug-likeness (QED) is 0.596. The van der Waals surface area contributed by atoms with Gasteiger partial charge in [0.1, 0.15) is 6.17 Å². The third-order valence-electron chi connectivity index (χ3n) is 2.97. The third kappa shape index (κ3) is 1.11. The number of likely N-dealkylation sites (N-methyl/N-ethyl adjacent to an activating group) is 2. The van der Waals surface area contributed by atoms with Crippen molar-refractivity contribution in [2.24, 2.45) is 4.99 Å². The number of hydrogen-bond donors (Lipinski definition) is 1. The first-order valence-electron chi connectivity index (χ1n) is 4.89. The summed E-state index contributed by atoms with van der Waals surface area (Å²) in [5, 5.41) is 2.09. The van der Waals surface area contributed by atoms with Crippen LogP contribution in [0.2, 0.25) is 0 Å². The summed E-state index contributed by atoms with van der Waals surface area (Å²) in [6, 6.07) is -0.0922. The van der Waals surface area contributed by atoms with Crippen LogP contribution in [0.4, 0.5) is 4.79 Å². The average molecular weight is 241 g/mol. The van der Waals surface area contributed by atoms with Crippen LogP contribution in [-0.2, 0) is 4.79 Å². The summed E-state index contributed by atoms with van der Waals surface area (Å²) in [4.78, 5) is 30.8. The van der Waals surface area contributed by atoms with E-state index in [2.05, 4.69) is 10.4 Å². The zero-order valence-electron chi connectivity index (χ0n) is 8.88. The Morgan fingerprint density at radius 3 is 2.88 bits per heavy atom. The minimum atomic E-state index is -0.260. The Labute approximate surface area is 96.4 Å². The number of nitrogens with one attached hydrogen (secondary N) is 1. The van der Waals surface area contributed by atoms with E-state index in [1.54, 1.807) is 23.9 Å². The fourth-order valence-electron chi connectivity index (χ4n) is 2.03. The van der Waals surface area contributed by atoms with E-state index < -0.39 is 0 Å². The lowest BCUT2D eigenvalue weighted by Crippen LogP contribution is -2.59. The SMILES string of the molecule is CN1C(=O)N(C)[C@H]2NN3C(=O)CSC3=N[C@H]21. The highest BCUT2D eigenvalue weighted by molar-refractivity contribution is 8.15. The van der Waals surface area contributed by atoms with Crippen LogP contribution in [0.15, 0.2) is 4.99 Å². The molecule has 2 fully saturated rings. The lowest BCUT2D eigenvalue weighted by molar-refractivity contribution is -0.127. The van der Waals surface area contributed by atoms with Crippen LogP contribution in [0.3, 0.4) is 0 Å². The number of amides is 3. The maximum atomic E-state index is 11.7. The van der Waals surface area contributed by atoms with E-state index >= 15 is 0 Å². The van der Waals surface area contributed by atoms with E-state index in [0.29, 0.717) is 10.9 Å². The molecule has 1 N–H and O–H groups in total. The van der Waals surface area contributed by atoms with Gasteiger partial charge in [-0.3, -0.25) is 4.79 Å². The molecule has 3 aliphatic rings. The fourth-order valence-corrected chi connectivity index (χ4v) is 2.88. The number of hydrazine groups is 1. The van der Waals surface area contributed by atoms with Crippen molar-refractivity contribution < 1.29 is 9.59 Å². The first-order valence-corrected chi connectivity index (χ1v) is 5.87. The van der Waals surface area contributed by atoms with Crippen molar-refractivity contribution in [3.8, 4) is 0 Å². The van der Waals surface area contributed by atoms with Gasteiger partial charge in [0, 0.05) is 14.1 Å². The molecule has 3 aliphatic heterocycles. The molecule has 0 bridgehead atoms. The van der Waals surface area contributed by atoms with Crippen molar-refractivity contribution in [3.05, 3.63) is 0 Å². The van der Waals surface area contributed by atoms with Gasteiger partial charge in [-0.1, -0.05) is 11.8 Å². The van der Waals surface area contributed by atoms with Crippen molar-refractivity contribution in [3.63, 3.8) is 0 Å². The van der Waals surface area contributed by atoms with Crippen LogP contribution in [0, 0.1) is 0 Å². The number of rotatable bonds is 0. The summed E-state index contributed by atoms with van der Waals surface area (Å²) in [5.74, 6) is 0.393. The third-order valence-corrected chi connectivity index (χ3v) is 3.91. The van der Waals surface area contributed by atoms with Gasteiger partial charge >= 0.3 is 6.03 Å². The Morgan fingerprint density at radius 1 is 1.38 bits per heavy atom. The topological polar surface area (TPSA) is 68.2 Å². The summed E-state index contributed by atoms with van der Waals surface area (Å²) in [6.45, 7) is 0. The molecule has 3 amide bonds. The molecule has 0 saturated carbocycles. The maximum Gasteiger partial charge on any atom is 0.322 e. The monoisotopic (exact) mass is 241 g/mol. The lowest BCUT2D eigenvalue weighted by atomic mass is 10.4. The summed E-state index contributed by atoms with van der Waals surface area (Å²) in [6.07, 6.45) is -0.508. The second-order valence-corrected chi connectivity index (χ2v) is 4.86. The number of thioether (sulfide) groups is 1. The Hall–Kier alpha value is -1.28. The van der Waals surface area contributed by atoms with E-state index in [1.165, 1.54) is 16.8 Å². The van der Waals surface area contributed by atoms with Gasteiger partial charge in [0.15, 0.2) is 11.3 Å². The molecule has 3 rings (SSSR count). The molecule has 0 spiro atoms. The number of hydrogen-bond acceptors (Lipinski definition) is 5. The predicted molar refractivity (Wildman–Crippen MR) is 58.4 cm³/mol. The Bertz CT molecular complexity index is 411. The molecule has 2 saturated heterocycles. The smallest absolute Gasteiger partial charge is 0.306 e. The van der Waals surface area contributed by atoms with Gasteiger partial charge in [-0.05, 0) is 0 Å². The number of urea groups is 1. The van der Waals surface area contributed by atoms with Gasteiger partial charge in [-0.15, -0.1) is 0 Å². The lowest BCUT2D eigenvalue weighted by Gasteiger charge is -2.32. The van der Waals surface area contributed by atoms with Crippen LogP contribution in [-0.4, -0.2) is 64.1 Å². The van der Waals surface area contributed by atoms with Crippen molar-refractivity contribution in [2.45, 2.75) is 12.3 Å². The van der Waals surface area contributed by atoms with Crippen molar-refractivity contribution >= 4 is 28.9 Å². The second-order valence-electron chi connectivity index (χ2n) is 3.92. The largest absolute Gasteiger partial charge is 0.322 e. The highest BCUT2D eigenvalue weighted by atomic mass is 32.2. The molecular weight excluding hydrogens is 230 g/mol.